The zero-order valence-corrected chi connectivity index (χ0v) is 23.3. The van der Waals surface area contributed by atoms with Crippen LogP contribution in [0.5, 0.6) is 11.5 Å². The number of piperazine rings is 1. The van der Waals surface area contributed by atoms with Gasteiger partial charge in [-0.15, -0.1) is 0 Å². The minimum atomic E-state index is -4.62. The summed E-state index contributed by atoms with van der Waals surface area (Å²) in [6.45, 7) is 7.34. The van der Waals surface area contributed by atoms with E-state index in [1.54, 1.807) is 30.3 Å². The first-order chi connectivity index (χ1) is 19.6. The molecule has 41 heavy (non-hydrogen) atoms. The van der Waals surface area contributed by atoms with Crippen LogP contribution in [0, 0.1) is 0 Å². The van der Waals surface area contributed by atoms with Crippen LogP contribution in [0.3, 0.4) is 0 Å². The van der Waals surface area contributed by atoms with Gasteiger partial charge >= 0.3 is 6.18 Å². The zero-order chi connectivity index (χ0) is 29.4. The lowest BCUT2D eigenvalue weighted by atomic mass is 10.1. The second-order valence-corrected chi connectivity index (χ2v) is 9.99. The number of carbonyl (C=O) groups excluding carboxylic acids is 2. The van der Waals surface area contributed by atoms with Gasteiger partial charge < -0.3 is 20.3 Å². The highest BCUT2D eigenvalue weighted by molar-refractivity contribution is 6.31. The lowest BCUT2D eigenvalue weighted by Crippen LogP contribution is -2.49. The number of aromatic nitrogens is 1. The molecule has 0 atom stereocenters. The second kappa shape index (κ2) is 13.8. The molecule has 1 aliphatic rings. The summed E-state index contributed by atoms with van der Waals surface area (Å²) in [5.41, 5.74) is 0.0303. The van der Waals surface area contributed by atoms with E-state index in [9.17, 15) is 22.8 Å². The maximum atomic E-state index is 13.1. The van der Waals surface area contributed by atoms with Crippen molar-refractivity contribution in [3.63, 3.8) is 0 Å². The summed E-state index contributed by atoms with van der Waals surface area (Å²) in [7, 11) is 0. The molecule has 1 aromatic heterocycles. The quantitative estimate of drug-likeness (QED) is 0.327. The molecule has 1 fully saturated rings. The van der Waals surface area contributed by atoms with E-state index in [0.29, 0.717) is 24.6 Å². The fourth-order valence-electron chi connectivity index (χ4n) is 4.34. The highest BCUT2D eigenvalue weighted by Gasteiger charge is 2.33. The number of rotatable bonds is 10. The summed E-state index contributed by atoms with van der Waals surface area (Å²) in [6.07, 6.45) is -2.75. The van der Waals surface area contributed by atoms with Gasteiger partial charge in [0.1, 0.15) is 17.2 Å². The van der Waals surface area contributed by atoms with Gasteiger partial charge in [0.25, 0.3) is 5.91 Å². The maximum absolute atomic E-state index is 13.1. The molecule has 0 saturated carbocycles. The average molecular weight is 590 g/mol. The minimum Gasteiger partial charge on any atom is -0.457 e. The number of anilines is 1. The van der Waals surface area contributed by atoms with E-state index < -0.39 is 22.7 Å². The van der Waals surface area contributed by atoms with Crippen LogP contribution in [0.1, 0.15) is 35.0 Å². The number of alkyl halides is 3. The normalized spacial score (nSPS) is 14.5. The van der Waals surface area contributed by atoms with Crippen molar-refractivity contribution in [1.29, 1.82) is 0 Å². The monoisotopic (exact) mass is 589 g/mol. The van der Waals surface area contributed by atoms with Crippen molar-refractivity contribution in [1.82, 2.24) is 20.1 Å². The van der Waals surface area contributed by atoms with Gasteiger partial charge in [-0.1, -0.05) is 30.7 Å². The summed E-state index contributed by atoms with van der Waals surface area (Å²) in [5.74, 6) is 0.196. The number of carbonyl (C=O) groups is 2. The maximum Gasteiger partial charge on any atom is 0.417 e. The molecule has 8 nitrogen and oxygen atoms in total. The van der Waals surface area contributed by atoms with Crippen LogP contribution in [0.25, 0.3) is 0 Å². The molecular formula is C29H31ClF3N5O3. The molecule has 1 saturated heterocycles. The minimum absolute atomic E-state index is 0.0143. The van der Waals surface area contributed by atoms with E-state index in [4.69, 9.17) is 16.3 Å². The molecule has 12 heteroatoms. The van der Waals surface area contributed by atoms with Crippen molar-refractivity contribution in [2.24, 2.45) is 0 Å². The summed E-state index contributed by atoms with van der Waals surface area (Å²) in [6, 6.07) is 13.5. The summed E-state index contributed by atoms with van der Waals surface area (Å²) in [4.78, 5) is 33.8. The number of halogens is 4. The van der Waals surface area contributed by atoms with E-state index in [2.05, 4.69) is 32.3 Å². The Morgan fingerprint density at radius 3 is 2.46 bits per heavy atom. The average Bonchev–Trinajstić information content (AvgIpc) is 2.96. The predicted molar refractivity (Wildman–Crippen MR) is 150 cm³/mol. The number of hydrogen-bond acceptors (Lipinski definition) is 6. The smallest absolute Gasteiger partial charge is 0.417 e. The number of aryl methyl sites for hydroxylation is 1. The first-order valence-electron chi connectivity index (χ1n) is 13.2. The Balaban J connectivity index is 1.29. The summed E-state index contributed by atoms with van der Waals surface area (Å²) in [5, 5.41) is 4.95. The Bertz CT molecular complexity index is 1360. The molecule has 2 N–H and O–H groups in total. The van der Waals surface area contributed by atoms with Crippen LogP contribution in [0.15, 0.2) is 60.8 Å². The van der Waals surface area contributed by atoms with Gasteiger partial charge in [0.05, 0.1) is 17.3 Å². The number of amides is 2. The molecule has 3 aromatic rings. The van der Waals surface area contributed by atoms with Crippen LogP contribution in [-0.4, -0.2) is 66.0 Å². The Hall–Kier alpha value is -3.67. The fourth-order valence-corrected chi connectivity index (χ4v) is 4.56. The molecule has 0 spiro atoms. The van der Waals surface area contributed by atoms with Crippen LogP contribution >= 0.6 is 11.6 Å². The van der Waals surface area contributed by atoms with Gasteiger partial charge in [-0.2, -0.15) is 13.2 Å². The zero-order valence-electron chi connectivity index (χ0n) is 22.5. The first kappa shape index (κ1) is 30.3. The van der Waals surface area contributed by atoms with Crippen LogP contribution in [-0.2, 0) is 17.4 Å². The SMILES string of the molecule is CCN1CCN(CNC(=O)c2cc(Oc3cccc(CCC(=O)Nc4ccc(Cl)c(C(F)(F)F)c4)c3)ccn2)CC1. The van der Waals surface area contributed by atoms with Gasteiger partial charge in [0.15, 0.2) is 0 Å². The van der Waals surface area contributed by atoms with Gasteiger partial charge in [-0.3, -0.25) is 19.5 Å². The second-order valence-electron chi connectivity index (χ2n) is 9.58. The van der Waals surface area contributed by atoms with Gasteiger partial charge in [0, 0.05) is 50.6 Å². The Kier molecular flexibility index (Phi) is 10.2. The Labute approximate surface area is 241 Å². The van der Waals surface area contributed by atoms with Gasteiger partial charge in [0.2, 0.25) is 5.91 Å². The predicted octanol–water partition coefficient (Wildman–Crippen LogP) is 5.44. The third-order valence-corrected chi connectivity index (χ3v) is 7.00. The lowest BCUT2D eigenvalue weighted by molar-refractivity contribution is -0.137. The topological polar surface area (TPSA) is 86.8 Å². The number of benzene rings is 2. The molecule has 0 aliphatic carbocycles. The lowest BCUT2D eigenvalue weighted by Gasteiger charge is -2.33. The Morgan fingerprint density at radius 1 is 1.00 bits per heavy atom. The third kappa shape index (κ3) is 8.91. The van der Waals surface area contributed by atoms with Crippen molar-refractivity contribution in [2.45, 2.75) is 25.9 Å². The highest BCUT2D eigenvalue weighted by atomic mass is 35.5. The van der Waals surface area contributed by atoms with E-state index in [1.807, 2.05) is 6.07 Å². The number of likely N-dealkylation sites (N-methyl/N-ethyl adjacent to an activating group) is 1. The number of pyridine rings is 1. The number of nitrogens with zero attached hydrogens (tertiary/aromatic N) is 3. The molecule has 0 unspecified atom stereocenters. The van der Waals surface area contributed by atoms with Gasteiger partial charge in [-0.25, -0.2) is 0 Å². The first-order valence-corrected chi connectivity index (χ1v) is 13.6. The van der Waals surface area contributed by atoms with Crippen molar-refractivity contribution in [3.8, 4) is 11.5 Å². The molecule has 0 bridgehead atoms. The molecule has 2 aromatic carbocycles. The highest BCUT2D eigenvalue weighted by Crippen LogP contribution is 2.36. The number of nitrogens with one attached hydrogen (secondary N) is 2. The standard InChI is InChI=1S/C29H31ClF3N5O3/c1-2-37-12-14-38(15-13-37)19-35-28(40)26-18-23(10-11-34-26)41-22-5-3-4-20(16-22)6-9-27(39)36-21-7-8-25(30)24(17-21)29(31,32)33/h3-5,7-8,10-11,16-18H,2,6,9,12-15,19H2,1H3,(H,35,40)(H,36,39). The third-order valence-electron chi connectivity index (χ3n) is 6.67. The van der Waals surface area contributed by atoms with E-state index in [-0.39, 0.29) is 23.7 Å². The number of hydrogen-bond donors (Lipinski definition) is 2. The van der Waals surface area contributed by atoms with Crippen LogP contribution in [0.2, 0.25) is 5.02 Å². The van der Waals surface area contributed by atoms with E-state index >= 15 is 0 Å². The van der Waals surface area contributed by atoms with Crippen molar-refractivity contribution in [3.05, 3.63) is 82.6 Å². The molecule has 4 rings (SSSR count). The molecule has 218 valence electrons. The van der Waals surface area contributed by atoms with E-state index in [1.165, 1.54) is 12.3 Å². The van der Waals surface area contributed by atoms with E-state index in [0.717, 1.165) is 50.4 Å². The molecule has 0 radical (unpaired) electrons. The van der Waals surface area contributed by atoms with Crippen molar-refractivity contribution < 1.29 is 27.5 Å². The largest absolute Gasteiger partial charge is 0.457 e. The van der Waals surface area contributed by atoms with Crippen LogP contribution < -0.4 is 15.4 Å². The number of ether oxygens (including phenoxy) is 1. The summed E-state index contributed by atoms with van der Waals surface area (Å²) >= 11 is 5.64. The summed E-state index contributed by atoms with van der Waals surface area (Å²) < 4.78 is 45.2. The molecule has 2 heterocycles. The van der Waals surface area contributed by atoms with Crippen molar-refractivity contribution >= 4 is 29.1 Å². The van der Waals surface area contributed by atoms with Crippen molar-refractivity contribution in [2.75, 3.05) is 44.7 Å². The van der Waals surface area contributed by atoms with Gasteiger partial charge in [-0.05, 0) is 54.9 Å². The fraction of sp³-hybridized carbons (Fsp3) is 0.345. The van der Waals surface area contributed by atoms with Crippen LogP contribution in [0.4, 0.5) is 18.9 Å². The molecule has 1 aliphatic heterocycles. The molecule has 2 amide bonds. The molecular weight excluding hydrogens is 559 g/mol. The Morgan fingerprint density at radius 2 is 1.73 bits per heavy atom.